The molecule has 0 N–H and O–H groups in total. The van der Waals surface area contributed by atoms with Crippen LogP contribution in [0, 0.1) is 0 Å². The second-order valence-electron chi connectivity index (χ2n) is 7.24. The summed E-state index contributed by atoms with van der Waals surface area (Å²) in [5.41, 5.74) is 2.95. The summed E-state index contributed by atoms with van der Waals surface area (Å²) in [6.07, 6.45) is -4.79. The number of alkyl halides is 3. The van der Waals surface area contributed by atoms with Gasteiger partial charge in [0.15, 0.2) is 6.61 Å². The number of benzene rings is 2. The monoisotopic (exact) mass is 420 g/mol. The van der Waals surface area contributed by atoms with Crippen LogP contribution >= 0.6 is 0 Å². The van der Waals surface area contributed by atoms with Gasteiger partial charge < -0.3 is 9.64 Å². The van der Waals surface area contributed by atoms with Crippen LogP contribution in [0.2, 0.25) is 0 Å². The van der Waals surface area contributed by atoms with E-state index in [1.54, 1.807) is 7.05 Å². The molecule has 0 aliphatic carbocycles. The lowest BCUT2D eigenvalue weighted by atomic mass is 9.99. The van der Waals surface area contributed by atoms with Gasteiger partial charge in [0.1, 0.15) is 6.04 Å². The first-order chi connectivity index (χ1) is 14.3. The van der Waals surface area contributed by atoms with Crippen LogP contribution in [0.15, 0.2) is 54.6 Å². The highest BCUT2D eigenvalue weighted by atomic mass is 19.4. The molecule has 3 rings (SSSR count). The molecule has 0 bridgehead atoms. The molecule has 1 heterocycles. The lowest BCUT2D eigenvalue weighted by molar-refractivity contribution is -0.163. The van der Waals surface area contributed by atoms with Crippen molar-refractivity contribution in [1.82, 2.24) is 9.80 Å². The number of hydrogen-bond acceptors (Lipinski definition) is 3. The number of nitrogens with zero attached hydrogens (tertiary/aromatic N) is 2. The average molecular weight is 420 g/mol. The topological polar surface area (TPSA) is 49.9 Å². The maximum atomic E-state index is 13.0. The van der Waals surface area contributed by atoms with Crippen LogP contribution in [0.25, 0.3) is 11.1 Å². The molecule has 1 atom stereocenters. The van der Waals surface area contributed by atoms with Gasteiger partial charge in [0, 0.05) is 20.1 Å². The quantitative estimate of drug-likeness (QED) is 0.717. The Kier molecular flexibility index (Phi) is 6.64. The molecule has 1 aliphatic heterocycles. The largest absolute Gasteiger partial charge is 0.440 e. The van der Waals surface area contributed by atoms with Crippen molar-refractivity contribution in [3.8, 4) is 11.1 Å². The summed E-state index contributed by atoms with van der Waals surface area (Å²) in [5, 5.41) is 0. The Hall–Kier alpha value is -3.03. The maximum absolute atomic E-state index is 13.0. The van der Waals surface area contributed by atoms with Gasteiger partial charge >= 0.3 is 12.3 Å². The number of hydrogen-bond donors (Lipinski definition) is 0. The van der Waals surface area contributed by atoms with Crippen molar-refractivity contribution in [3.63, 3.8) is 0 Å². The van der Waals surface area contributed by atoms with E-state index in [1.807, 2.05) is 54.6 Å². The van der Waals surface area contributed by atoms with E-state index in [0.717, 1.165) is 21.6 Å². The molecule has 0 saturated carbocycles. The SMILES string of the molecule is CN(Cc1ccccc1-c1ccccc1)C(=O)C1CCCN1C(=O)OCC(F)(F)F. The molecule has 1 aliphatic rings. The van der Waals surface area contributed by atoms with E-state index in [1.165, 1.54) is 4.90 Å². The Morgan fingerprint density at radius 3 is 2.47 bits per heavy atom. The van der Waals surface area contributed by atoms with E-state index < -0.39 is 24.9 Å². The Bertz CT molecular complexity index is 887. The highest BCUT2D eigenvalue weighted by Crippen LogP contribution is 2.26. The Morgan fingerprint density at radius 1 is 1.10 bits per heavy atom. The first kappa shape index (κ1) is 21.7. The van der Waals surface area contributed by atoms with E-state index in [2.05, 4.69) is 4.74 Å². The summed E-state index contributed by atoms with van der Waals surface area (Å²) in [5.74, 6) is -0.320. The molecule has 0 radical (unpaired) electrons. The molecule has 2 aromatic rings. The number of likely N-dealkylation sites (tertiary alicyclic amines) is 1. The zero-order chi connectivity index (χ0) is 21.7. The number of carbonyl (C=O) groups is 2. The normalized spacial score (nSPS) is 16.4. The molecule has 2 amide bonds. The maximum Gasteiger partial charge on any atom is 0.422 e. The number of ether oxygens (including phenoxy) is 1. The van der Waals surface area contributed by atoms with Gasteiger partial charge in [-0.25, -0.2) is 4.79 Å². The van der Waals surface area contributed by atoms with Crippen molar-refractivity contribution in [2.75, 3.05) is 20.2 Å². The number of carbonyl (C=O) groups excluding carboxylic acids is 2. The molecule has 5 nitrogen and oxygen atoms in total. The number of likely N-dealkylation sites (N-methyl/N-ethyl adjacent to an activating group) is 1. The molecule has 1 fully saturated rings. The van der Waals surface area contributed by atoms with E-state index in [9.17, 15) is 22.8 Å². The van der Waals surface area contributed by atoms with E-state index in [4.69, 9.17) is 0 Å². The van der Waals surface area contributed by atoms with Crippen LogP contribution in [0.3, 0.4) is 0 Å². The predicted octanol–water partition coefficient (Wildman–Crippen LogP) is 4.48. The van der Waals surface area contributed by atoms with Crippen molar-refractivity contribution < 1.29 is 27.5 Å². The zero-order valence-electron chi connectivity index (χ0n) is 16.6. The van der Waals surface area contributed by atoms with Crippen molar-refractivity contribution >= 4 is 12.0 Å². The average Bonchev–Trinajstić information content (AvgIpc) is 3.22. The Labute approximate surface area is 173 Å². The summed E-state index contributed by atoms with van der Waals surface area (Å²) in [6.45, 7) is -1.16. The van der Waals surface area contributed by atoms with Crippen LogP contribution in [-0.2, 0) is 16.1 Å². The van der Waals surface area contributed by atoms with E-state index in [-0.39, 0.29) is 12.5 Å². The van der Waals surface area contributed by atoms with Gasteiger partial charge in [0.25, 0.3) is 0 Å². The van der Waals surface area contributed by atoms with Crippen LogP contribution in [0.4, 0.5) is 18.0 Å². The van der Waals surface area contributed by atoms with Gasteiger partial charge in [-0.3, -0.25) is 9.69 Å². The molecule has 0 spiro atoms. The fraction of sp³-hybridized carbons (Fsp3) is 0.364. The second-order valence-corrected chi connectivity index (χ2v) is 7.24. The minimum Gasteiger partial charge on any atom is -0.440 e. The molecule has 1 unspecified atom stereocenters. The summed E-state index contributed by atoms with van der Waals surface area (Å²) >= 11 is 0. The Balaban J connectivity index is 1.70. The fourth-order valence-electron chi connectivity index (χ4n) is 3.61. The molecular formula is C22H23F3N2O3. The lowest BCUT2D eigenvalue weighted by Gasteiger charge is -2.28. The minimum absolute atomic E-state index is 0.196. The van der Waals surface area contributed by atoms with Crippen LogP contribution in [0.5, 0.6) is 0 Å². The Morgan fingerprint density at radius 2 is 1.77 bits per heavy atom. The lowest BCUT2D eigenvalue weighted by Crippen LogP contribution is -2.47. The summed E-state index contributed by atoms with van der Waals surface area (Å²) in [6, 6.07) is 16.6. The smallest absolute Gasteiger partial charge is 0.422 e. The van der Waals surface area contributed by atoms with Gasteiger partial charge in [-0.05, 0) is 29.5 Å². The minimum atomic E-state index is -4.60. The standard InChI is InChI=1S/C22H23F3N2O3/c1-26(14-17-10-5-6-11-18(17)16-8-3-2-4-9-16)20(28)19-12-7-13-27(19)21(29)30-15-22(23,24)25/h2-6,8-11,19H,7,12-15H2,1H3. The van der Waals surface area contributed by atoms with Gasteiger partial charge in [-0.2, -0.15) is 13.2 Å². The molecule has 30 heavy (non-hydrogen) atoms. The molecule has 1 saturated heterocycles. The third-order valence-electron chi connectivity index (χ3n) is 5.02. The molecule has 160 valence electrons. The van der Waals surface area contributed by atoms with E-state index >= 15 is 0 Å². The van der Waals surface area contributed by atoms with Crippen molar-refractivity contribution in [2.24, 2.45) is 0 Å². The zero-order valence-corrected chi connectivity index (χ0v) is 16.6. The highest BCUT2D eigenvalue weighted by Gasteiger charge is 2.38. The predicted molar refractivity (Wildman–Crippen MR) is 105 cm³/mol. The summed E-state index contributed by atoms with van der Waals surface area (Å²) in [4.78, 5) is 27.6. The number of amides is 2. The third kappa shape index (κ3) is 5.31. The molecule has 0 aromatic heterocycles. The van der Waals surface area contributed by atoms with Crippen molar-refractivity contribution in [2.45, 2.75) is 31.6 Å². The highest BCUT2D eigenvalue weighted by molar-refractivity contribution is 5.86. The molecule has 8 heteroatoms. The first-order valence-corrected chi connectivity index (χ1v) is 9.65. The summed E-state index contributed by atoms with van der Waals surface area (Å²) < 4.78 is 41.3. The molecular weight excluding hydrogens is 397 g/mol. The van der Waals surface area contributed by atoms with Gasteiger partial charge in [0.05, 0.1) is 0 Å². The first-order valence-electron chi connectivity index (χ1n) is 9.65. The van der Waals surface area contributed by atoms with Crippen LogP contribution in [-0.4, -0.2) is 54.2 Å². The summed E-state index contributed by atoms with van der Waals surface area (Å²) in [7, 11) is 1.63. The number of rotatable bonds is 5. The van der Waals surface area contributed by atoms with Gasteiger partial charge in [-0.15, -0.1) is 0 Å². The van der Waals surface area contributed by atoms with Gasteiger partial charge in [0.2, 0.25) is 5.91 Å². The van der Waals surface area contributed by atoms with E-state index in [0.29, 0.717) is 19.4 Å². The van der Waals surface area contributed by atoms with Crippen molar-refractivity contribution in [3.05, 3.63) is 60.2 Å². The molecule has 2 aromatic carbocycles. The number of halogens is 3. The van der Waals surface area contributed by atoms with Crippen LogP contribution in [0.1, 0.15) is 18.4 Å². The van der Waals surface area contributed by atoms with Crippen molar-refractivity contribution in [1.29, 1.82) is 0 Å². The van der Waals surface area contributed by atoms with Crippen LogP contribution < -0.4 is 0 Å². The third-order valence-corrected chi connectivity index (χ3v) is 5.02. The second kappa shape index (κ2) is 9.19. The fourth-order valence-corrected chi connectivity index (χ4v) is 3.61. The van der Waals surface area contributed by atoms with Gasteiger partial charge in [-0.1, -0.05) is 54.6 Å².